The first-order valence-electron chi connectivity index (χ1n) is 8.81. The van der Waals surface area contributed by atoms with Crippen molar-refractivity contribution < 1.29 is 14.3 Å². The molecular weight excluding hydrogens is 330 g/mol. The smallest absolute Gasteiger partial charge is 0.315 e. The van der Waals surface area contributed by atoms with Crippen molar-refractivity contribution >= 4 is 11.7 Å². The van der Waals surface area contributed by atoms with E-state index in [0.717, 1.165) is 43.2 Å². The minimum atomic E-state index is -0.183. The molecule has 0 atom stereocenters. The first-order valence-corrected chi connectivity index (χ1v) is 8.81. The maximum Gasteiger partial charge on any atom is 0.315 e. The number of urea groups is 1. The van der Waals surface area contributed by atoms with Gasteiger partial charge in [0.2, 0.25) is 0 Å². The largest absolute Gasteiger partial charge is 0.497 e. The number of hydrogen-bond acceptors (Lipinski definition) is 4. The van der Waals surface area contributed by atoms with Crippen LogP contribution in [0.3, 0.4) is 0 Å². The first-order chi connectivity index (χ1) is 12.7. The van der Waals surface area contributed by atoms with Crippen LogP contribution in [0.15, 0.2) is 48.5 Å². The molecule has 2 aromatic rings. The van der Waals surface area contributed by atoms with Gasteiger partial charge in [-0.1, -0.05) is 24.3 Å². The Morgan fingerprint density at radius 1 is 1.04 bits per heavy atom. The molecule has 0 spiro atoms. The molecule has 1 heterocycles. The number of morpholine rings is 1. The predicted molar refractivity (Wildman–Crippen MR) is 102 cm³/mol. The van der Waals surface area contributed by atoms with E-state index in [1.54, 1.807) is 7.11 Å². The number of benzene rings is 2. The summed E-state index contributed by atoms with van der Waals surface area (Å²) in [6.45, 7) is 4.29. The topological polar surface area (TPSA) is 62.8 Å². The van der Waals surface area contributed by atoms with Crippen LogP contribution in [0.2, 0.25) is 0 Å². The van der Waals surface area contributed by atoms with Gasteiger partial charge in [0.15, 0.2) is 0 Å². The molecule has 138 valence electrons. The van der Waals surface area contributed by atoms with E-state index in [2.05, 4.69) is 27.7 Å². The summed E-state index contributed by atoms with van der Waals surface area (Å²) in [5, 5.41) is 5.77. The summed E-state index contributed by atoms with van der Waals surface area (Å²) in [4.78, 5) is 14.3. The number of methoxy groups -OCH3 is 1. The van der Waals surface area contributed by atoms with Crippen LogP contribution in [0.4, 0.5) is 10.5 Å². The fourth-order valence-electron chi connectivity index (χ4n) is 2.86. The summed E-state index contributed by atoms with van der Waals surface area (Å²) in [6, 6.07) is 15.7. The fraction of sp³-hybridized carbons (Fsp3) is 0.350. The van der Waals surface area contributed by atoms with Crippen LogP contribution in [-0.4, -0.2) is 39.4 Å². The first kappa shape index (κ1) is 18.1. The van der Waals surface area contributed by atoms with Crippen LogP contribution in [-0.2, 0) is 17.8 Å². The van der Waals surface area contributed by atoms with Crippen molar-refractivity contribution in [2.75, 3.05) is 38.3 Å². The van der Waals surface area contributed by atoms with Crippen molar-refractivity contribution in [3.8, 4) is 5.75 Å². The van der Waals surface area contributed by atoms with Crippen LogP contribution in [0, 0.1) is 0 Å². The molecule has 2 aromatic carbocycles. The Hall–Kier alpha value is -2.73. The van der Waals surface area contributed by atoms with Crippen molar-refractivity contribution in [1.29, 1.82) is 0 Å². The summed E-state index contributed by atoms with van der Waals surface area (Å²) in [5.74, 6) is 0.804. The monoisotopic (exact) mass is 355 g/mol. The molecule has 1 aliphatic heterocycles. The molecule has 0 saturated carbocycles. The number of nitrogens with one attached hydrogen (secondary N) is 2. The van der Waals surface area contributed by atoms with E-state index in [4.69, 9.17) is 9.47 Å². The second-order valence-electron chi connectivity index (χ2n) is 6.15. The van der Waals surface area contributed by atoms with E-state index in [-0.39, 0.29) is 6.03 Å². The highest BCUT2D eigenvalue weighted by molar-refractivity contribution is 5.73. The predicted octanol–water partition coefficient (Wildman–Crippen LogP) is 2.53. The van der Waals surface area contributed by atoms with Crippen molar-refractivity contribution in [3.63, 3.8) is 0 Å². The number of hydrogen-bond donors (Lipinski definition) is 2. The third-order valence-corrected chi connectivity index (χ3v) is 4.35. The average Bonchev–Trinajstić information content (AvgIpc) is 2.72. The maximum absolute atomic E-state index is 12.0. The number of ether oxygens (including phenoxy) is 2. The van der Waals surface area contributed by atoms with Crippen molar-refractivity contribution in [2.45, 2.75) is 13.1 Å². The number of carbonyl (C=O) groups is 1. The van der Waals surface area contributed by atoms with E-state index < -0.39 is 0 Å². The third-order valence-electron chi connectivity index (χ3n) is 4.35. The second-order valence-corrected chi connectivity index (χ2v) is 6.15. The van der Waals surface area contributed by atoms with Crippen molar-refractivity contribution in [1.82, 2.24) is 10.6 Å². The van der Waals surface area contributed by atoms with Gasteiger partial charge >= 0.3 is 6.03 Å². The molecule has 0 aliphatic carbocycles. The molecular formula is C20H25N3O3. The van der Waals surface area contributed by atoms with Gasteiger partial charge in [0.25, 0.3) is 0 Å². The molecule has 0 bridgehead atoms. The Morgan fingerprint density at radius 2 is 1.73 bits per heavy atom. The summed E-state index contributed by atoms with van der Waals surface area (Å²) >= 11 is 0. The van der Waals surface area contributed by atoms with Crippen LogP contribution in [0.5, 0.6) is 5.75 Å². The summed E-state index contributed by atoms with van der Waals surface area (Å²) in [7, 11) is 1.63. The molecule has 2 N–H and O–H groups in total. The standard InChI is InChI=1S/C20H25N3O3/c1-25-19-7-5-16(6-8-19)14-21-20(24)22-15-17-3-2-4-18(13-17)23-9-11-26-12-10-23/h2-8,13H,9-12,14-15H2,1H3,(H2,21,22,24). The third kappa shape index (κ3) is 5.13. The van der Waals surface area contributed by atoms with Crippen LogP contribution < -0.4 is 20.3 Å². The molecule has 1 aliphatic rings. The molecule has 1 saturated heterocycles. The average molecular weight is 355 g/mol. The van der Waals surface area contributed by atoms with E-state index in [9.17, 15) is 4.79 Å². The second kappa shape index (κ2) is 9.10. The Balaban J connectivity index is 1.46. The highest BCUT2D eigenvalue weighted by Crippen LogP contribution is 2.17. The zero-order valence-electron chi connectivity index (χ0n) is 15.0. The van der Waals surface area contributed by atoms with Gasteiger partial charge in [0.05, 0.1) is 20.3 Å². The summed E-state index contributed by atoms with van der Waals surface area (Å²) in [6.07, 6.45) is 0. The van der Waals surface area contributed by atoms with Gasteiger partial charge in [0.1, 0.15) is 5.75 Å². The van der Waals surface area contributed by atoms with E-state index in [1.807, 2.05) is 36.4 Å². The number of amides is 2. The molecule has 0 unspecified atom stereocenters. The SMILES string of the molecule is COc1ccc(CNC(=O)NCc2cccc(N3CCOCC3)c2)cc1. The quantitative estimate of drug-likeness (QED) is 0.836. The molecule has 26 heavy (non-hydrogen) atoms. The van der Waals surface area contributed by atoms with Gasteiger partial charge in [-0.3, -0.25) is 0 Å². The lowest BCUT2D eigenvalue weighted by Crippen LogP contribution is -2.36. The minimum absolute atomic E-state index is 0.183. The highest BCUT2D eigenvalue weighted by Gasteiger charge is 2.11. The maximum atomic E-state index is 12.0. The lowest BCUT2D eigenvalue weighted by atomic mass is 10.2. The zero-order chi connectivity index (χ0) is 18.2. The normalized spacial score (nSPS) is 14.0. The van der Waals surface area contributed by atoms with Gasteiger partial charge < -0.3 is 25.0 Å². The lowest BCUT2D eigenvalue weighted by Gasteiger charge is -2.29. The van der Waals surface area contributed by atoms with Gasteiger partial charge in [-0.25, -0.2) is 4.79 Å². The number of carbonyl (C=O) groups excluding carboxylic acids is 1. The molecule has 6 nitrogen and oxygen atoms in total. The summed E-state index contributed by atoms with van der Waals surface area (Å²) in [5.41, 5.74) is 3.27. The highest BCUT2D eigenvalue weighted by atomic mass is 16.5. The molecule has 0 aromatic heterocycles. The van der Waals surface area contributed by atoms with Crippen LogP contribution >= 0.6 is 0 Å². The van der Waals surface area contributed by atoms with Gasteiger partial charge in [-0.05, 0) is 35.4 Å². The lowest BCUT2D eigenvalue weighted by molar-refractivity contribution is 0.122. The minimum Gasteiger partial charge on any atom is -0.497 e. The Kier molecular flexibility index (Phi) is 6.33. The van der Waals surface area contributed by atoms with Gasteiger partial charge in [0, 0.05) is 31.9 Å². The Bertz CT molecular complexity index is 712. The molecule has 2 amide bonds. The molecule has 3 rings (SSSR count). The zero-order valence-corrected chi connectivity index (χ0v) is 15.0. The number of anilines is 1. The van der Waals surface area contributed by atoms with Crippen molar-refractivity contribution in [3.05, 3.63) is 59.7 Å². The molecule has 1 fully saturated rings. The Labute approximate surface area is 154 Å². The van der Waals surface area contributed by atoms with Crippen molar-refractivity contribution in [2.24, 2.45) is 0 Å². The Morgan fingerprint density at radius 3 is 2.42 bits per heavy atom. The van der Waals surface area contributed by atoms with E-state index >= 15 is 0 Å². The van der Waals surface area contributed by atoms with E-state index in [1.165, 1.54) is 5.69 Å². The van der Waals surface area contributed by atoms with Gasteiger partial charge in [-0.2, -0.15) is 0 Å². The molecule has 0 radical (unpaired) electrons. The number of rotatable bonds is 6. The molecule has 6 heteroatoms. The fourth-order valence-corrected chi connectivity index (χ4v) is 2.86. The summed E-state index contributed by atoms with van der Waals surface area (Å²) < 4.78 is 10.5. The van der Waals surface area contributed by atoms with Crippen LogP contribution in [0.25, 0.3) is 0 Å². The number of nitrogens with zero attached hydrogens (tertiary/aromatic N) is 1. The van der Waals surface area contributed by atoms with Gasteiger partial charge in [-0.15, -0.1) is 0 Å². The van der Waals surface area contributed by atoms with E-state index in [0.29, 0.717) is 13.1 Å². The van der Waals surface area contributed by atoms with Crippen LogP contribution in [0.1, 0.15) is 11.1 Å².